The molecule has 0 saturated heterocycles. The molecule has 0 radical (unpaired) electrons. The van der Waals surface area contributed by atoms with Crippen molar-refractivity contribution in [1.82, 2.24) is 15.1 Å². The van der Waals surface area contributed by atoms with Crippen molar-refractivity contribution in [3.05, 3.63) is 45.7 Å². The molecule has 1 amide bonds. The molecule has 2 rings (SSSR count). The highest BCUT2D eigenvalue weighted by Gasteiger charge is 2.09. The number of carbonyl (C=O) groups excluding carboxylic acids is 1. The second-order valence-corrected chi connectivity index (χ2v) is 5.19. The van der Waals surface area contributed by atoms with Gasteiger partial charge in [-0.15, -0.1) is 0 Å². The lowest BCUT2D eigenvalue weighted by Crippen LogP contribution is -2.23. The highest BCUT2D eigenvalue weighted by Crippen LogP contribution is 2.20. The van der Waals surface area contributed by atoms with E-state index in [1.165, 1.54) is 0 Å². The molecule has 0 unspecified atom stereocenters. The number of amides is 1. The van der Waals surface area contributed by atoms with Crippen molar-refractivity contribution in [1.29, 1.82) is 0 Å². The van der Waals surface area contributed by atoms with Crippen LogP contribution in [0.2, 0.25) is 0 Å². The predicted molar refractivity (Wildman–Crippen MR) is 77.7 cm³/mol. The van der Waals surface area contributed by atoms with E-state index in [4.69, 9.17) is 5.73 Å². The fourth-order valence-corrected chi connectivity index (χ4v) is 2.03. The Balaban J connectivity index is 2.05. The second-order valence-electron chi connectivity index (χ2n) is 4.33. The number of nitrogens with zero attached hydrogens (tertiary/aromatic N) is 2. The molecule has 1 aromatic carbocycles. The summed E-state index contributed by atoms with van der Waals surface area (Å²) in [6.45, 7) is 2.37. The highest BCUT2D eigenvalue weighted by molar-refractivity contribution is 9.10. The third-order valence-corrected chi connectivity index (χ3v) is 3.53. The first-order valence-electron chi connectivity index (χ1n) is 5.79. The Morgan fingerprint density at radius 2 is 2.26 bits per heavy atom. The van der Waals surface area contributed by atoms with Gasteiger partial charge in [0.1, 0.15) is 0 Å². The molecule has 1 aromatic heterocycles. The number of rotatable bonds is 3. The maximum Gasteiger partial charge on any atom is 0.251 e. The fourth-order valence-electron chi connectivity index (χ4n) is 1.78. The van der Waals surface area contributed by atoms with E-state index in [0.29, 0.717) is 17.8 Å². The zero-order valence-electron chi connectivity index (χ0n) is 10.8. The van der Waals surface area contributed by atoms with Crippen molar-refractivity contribution in [3.63, 3.8) is 0 Å². The molecule has 0 aliphatic heterocycles. The Bertz CT molecular complexity index is 621. The molecule has 2 aromatic rings. The van der Waals surface area contributed by atoms with Gasteiger partial charge in [0.2, 0.25) is 0 Å². The topological polar surface area (TPSA) is 72.9 Å². The maximum absolute atomic E-state index is 12.0. The number of hydrogen-bond acceptors (Lipinski definition) is 3. The highest BCUT2D eigenvalue weighted by atomic mass is 79.9. The number of anilines is 1. The number of hydrogen-bond donors (Lipinski definition) is 2. The van der Waals surface area contributed by atoms with Gasteiger partial charge in [-0.3, -0.25) is 9.48 Å². The SMILES string of the molecule is Cc1nn(C)cc1CNC(=O)c1ccc(Br)c(N)c1. The van der Waals surface area contributed by atoms with Gasteiger partial charge in [-0.05, 0) is 41.1 Å². The summed E-state index contributed by atoms with van der Waals surface area (Å²) in [5.41, 5.74) is 8.76. The zero-order chi connectivity index (χ0) is 14.0. The van der Waals surface area contributed by atoms with Crippen LogP contribution in [0.5, 0.6) is 0 Å². The van der Waals surface area contributed by atoms with E-state index in [2.05, 4.69) is 26.3 Å². The van der Waals surface area contributed by atoms with E-state index < -0.39 is 0 Å². The molecule has 6 heteroatoms. The van der Waals surface area contributed by atoms with Crippen molar-refractivity contribution < 1.29 is 4.79 Å². The van der Waals surface area contributed by atoms with Crippen LogP contribution >= 0.6 is 15.9 Å². The third kappa shape index (κ3) is 3.14. The molecule has 0 spiro atoms. The average molecular weight is 323 g/mol. The first-order chi connectivity index (χ1) is 8.97. The van der Waals surface area contributed by atoms with Crippen molar-refractivity contribution in [2.75, 3.05) is 5.73 Å². The van der Waals surface area contributed by atoms with E-state index >= 15 is 0 Å². The van der Waals surface area contributed by atoms with Gasteiger partial charge >= 0.3 is 0 Å². The largest absolute Gasteiger partial charge is 0.398 e. The van der Waals surface area contributed by atoms with Crippen LogP contribution in [0.15, 0.2) is 28.9 Å². The lowest BCUT2D eigenvalue weighted by atomic mass is 10.2. The normalized spacial score (nSPS) is 10.5. The minimum absolute atomic E-state index is 0.151. The van der Waals surface area contributed by atoms with Crippen LogP contribution < -0.4 is 11.1 Å². The average Bonchev–Trinajstić information content (AvgIpc) is 2.68. The zero-order valence-corrected chi connectivity index (χ0v) is 12.4. The standard InChI is InChI=1S/C13H15BrN4O/c1-8-10(7-18(2)17-8)6-16-13(19)9-3-4-11(14)12(15)5-9/h3-5,7H,6,15H2,1-2H3,(H,16,19). The smallest absolute Gasteiger partial charge is 0.251 e. The summed E-state index contributed by atoms with van der Waals surface area (Å²) in [6, 6.07) is 5.14. The van der Waals surface area contributed by atoms with Gasteiger partial charge in [0.15, 0.2) is 0 Å². The second kappa shape index (κ2) is 5.44. The Morgan fingerprint density at radius 3 is 2.84 bits per heavy atom. The van der Waals surface area contributed by atoms with Crippen LogP contribution in [0.3, 0.4) is 0 Å². The minimum Gasteiger partial charge on any atom is -0.398 e. The van der Waals surface area contributed by atoms with Crippen LogP contribution in [-0.4, -0.2) is 15.7 Å². The molecule has 0 aliphatic rings. The van der Waals surface area contributed by atoms with Crippen LogP contribution in [0.4, 0.5) is 5.69 Å². The fraction of sp³-hybridized carbons (Fsp3) is 0.231. The number of carbonyl (C=O) groups is 1. The monoisotopic (exact) mass is 322 g/mol. The van der Waals surface area contributed by atoms with E-state index in [1.54, 1.807) is 22.9 Å². The molecular formula is C13H15BrN4O. The summed E-state index contributed by atoms with van der Waals surface area (Å²) in [5, 5.41) is 7.08. The summed E-state index contributed by atoms with van der Waals surface area (Å²) in [5.74, 6) is -0.151. The van der Waals surface area contributed by atoms with Crippen LogP contribution in [-0.2, 0) is 13.6 Å². The van der Waals surface area contributed by atoms with E-state index in [-0.39, 0.29) is 5.91 Å². The van der Waals surface area contributed by atoms with Crippen LogP contribution in [0.1, 0.15) is 21.6 Å². The van der Waals surface area contributed by atoms with Crippen LogP contribution in [0, 0.1) is 6.92 Å². The van der Waals surface area contributed by atoms with Crippen molar-refractivity contribution in [2.24, 2.45) is 7.05 Å². The molecule has 0 aliphatic carbocycles. The first kappa shape index (κ1) is 13.6. The van der Waals surface area contributed by atoms with E-state index in [1.807, 2.05) is 20.2 Å². The van der Waals surface area contributed by atoms with Gasteiger partial charge in [0, 0.05) is 41.1 Å². The van der Waals surface area contributed by atoms with E-state index in [9.17, 15) is 4.79 Å². The third-order valence-electron chi connectivity index (χ3n) is 2.81. The molecule has 0 fully saturated rings. The van der Waals surface area contributed by atoms with Gasteiger partial charge in [0.05, 0.1) is 5.69 Å². The quantitative estimate of drug-likeness (QED) is 0.849. The minimum atomic E-state index is -0.151. The molecular weight excluding hydrogens is 308 g/mol. The Kier molecular flexibility index (Phi) is 3.90. The number of aromatic nitrogens is 2. The molecule has 0 bridgehead atoms. The molecule has 100 valence electrons. The summed E-state index contributed by atoms with van der Waals surface area (Å²) >= 11 is 3.30. The summed E-state index contributed by atoms with van der Waals surface area (Å²) in [4.78, 5) is 12.0. The number of nitrogen functional groups attached to an aromatic ring is 1. The van der Waals surface area contributed by atoms with Crippen molar-refractivity contribution in [2.45, 2.75) is 13.5 Å². The molecule has 0 saturated carbocycles. The summed E-state index contributed by atoms with van der Waals surface area (Å²) in [7, 11) is 1.85. The number of nitrogens with one attached hydrogen (secondary N) is 1. The molecule has 1 heterocycles. The van der Waals surface area contributed by atoms with Gasteiger partial charge in [-0.25, -0.2) is 0 Å². The molecule has 0 atom stereocenters. The number of aryl methyl sites for hydroxylation is 2. The lowest BCUT2D eigenvalue weighted by molar-refractivity contribution is 0.0951. The van der Waals surface area contributed by atoms with Crippen LogP contribution in [0.25, 0.3) is 0 Å². The number of nitrogens with two attached hydrogens (primary N) is 1. The maximum atomic E-state index is 12.0. The summed E-state index contributed by atoms with van der Waals surface area (Å²) in [6.07, 6.45) is 1.89. The first-order valence-corrected chi connectivity index (χ1v) is 6.59. The summed E-state index contributed by atoms with van der Waals surface area (Å²) < 4.78 is 2.51. The van der Waals surface area contributed by atoms with Crippen molar-refractivity contribution in [3.8, 4) is 0 Å². The Morgan fingerprint density at radius 1 is 1.53 bits per heavy atom. The molecule has 3 N–H and O–H groups in total. The Labute approximate surface area is 119 Å². The Hall–Kier alpha value is -1.82. The van der Waals surface area contributed by atoms with Gasteiger partial charge in [-0.1, -0.05) is 0 Å². The van der Waals surface area contributed by atoms with E-state index in [0.717, 1.165) is 15.7 Å². The molecule has 5 nitrogen and oxygen atoms in total. The van der Waals surface area contributed by atoms with Gasteiger partial charge < -0.3 is 11.1 Å². The molecule has 19 heavy (non-hydrogen) atoms. The predicted octanol–water partition coefficient (Wildman–Crippen LogP) is 2.00. The van der Waals surface area contributed by atoms with Gasteiger partial charge in [-0.2, -0.15) is 5.10 Å². The van der Waals surface area contributed by atoms with Gasteiger partial charge in [0.25, 0.3) is 5.91 Å². The lowest BCUT2D eigenvalue weighted by Gasteiger charge is -2.06. The number of halogens is 1. The van der Waals surface area contributed by atoms with Crippen molar-refractivity contribution >= 4 is 27.5 Å². The number of benzene rings is 1.